The number of aromatic nitrogens is 3. The molecule has 0 aliphatic carbocycles. The van der Waals surface area contributed by atoms with Crippen LogP contribution in [0.3, 0.4) is 0 Å². The molecule has 2 heterocycles. The van der Waals surface area contributed by atoms with Crippen molar-refractivity contribution >= 4 is 32.5 Å². The second-order valence-corrected chi connectivity index (χ2v) is 9.89. The molecule has 0 aliphatic heterocycles. The molecule has 4 rings (SSSR count). The molecule has 8 nitrogen and oxygen atoms in total. The largest absolute Gasteiger partial charge is 0.436 e. The topological polar surface area (TPSA) is 103 Å². The highest BCUT2D eigenvalue weighted by Gasteiger charge is 2.19. The molecule has 0 radical (unpaired) electrons. The number of carbonyl (C=O) groups excluding carboxylic acids is 1. The maximum Gasteiger partial charge on any atom is 0.330 e. The standard InChI is InChI=1S/C23H21FN4O4S/c1-14-5-4-6-16(9-14)27-23(29)28-15(2)10-18-19(28)7-8-20(22(18)24)32-21-11-17(25-13-26-21)12-33(3,30)31/h4-11,13H,12H2,1-3H3,(H,27,29). The molecule has 0 spiro atoms. The first-order chi connectivity index (χ1) is 15.6. The van der Waals surface area contributed by atoms with Crippen LogP contribution in [0.25, 0.3) is 10.9 Å². The Morgan fingerprint density at radius 2 is 1.91 bits per heavy atom. The summed E-state index contributed by atoms with van der Waals surface area (Å²) in [6.45, 7) is 3.63. The van der Waals surface area contributed by atoms with Gasteiger partial charge in [0.1, 0.15) is 6.33 Å². The number of sulfone groups is 1. The molecule has 1 amide bonds. The highest BCUT2D eigenvalue weighted by Crippen LogP contribution is 2.31. The summed E-state index contributed by atoms with van der Waals surface area (Å²) in [5.41, 5.74) is 2.79. The Balaban J connectivity index is 1.64. The van der Waals surface area contributed by atoms with Gasteiger partial charge in [0.2, 0.25) is 5.88 Å². The van der Waals surface area contributed by atoms with Gasteiger partial charge in [-0.15, -0.1) is 0 Å². The summed E-state index contributed by atoms with van der Waals surface area (Å²) in [5.74, 6) is -1.05. The van der Waals surface area contributed by atoms with E-state index in [9.17, 15) is 13.2 Å². The van der Waals surface area contributed by atoms with Crippen LogP contribution in [0.1, 0.15) is 17.0 Å². The highest BCUT2D eigenvalue weighted by molar-refractivity contribution is 7.89. The number of benzene rings is 2. The van der Waals surface area contributed by atoms with Crippen LogP contribution in [-0.2, 0) is 15.6 Å². The zero-order valence-corrected chi connectivity index (χ0v) is 19.0. The SMILES string of the molecule is Cc1cccc(NC(=O)n2c(C)cc3c(F)c(Oc4cc(CS(C)(=O)=O)ncn4)ccc32)c1. The molecule has 4 aromatic rings. The summed E-state index contributed by atoms with van der Waals surface area (Å²) < 4.78 is 45.2. The van der Waals surface area contributed by atoms with Crippen LogP contribution >= 0.6 is 0 Å². The smallest absolute Gasteiger partial charge is 0.330 e. The van der Waals surface area contributed by atoms with Crippen LogP contribution in [0.5, 0.6) is 11.6 Å². The van der Waals surface area contributed by atoms with Crippen LogP contribution in [0, 0.1) is 19.7 Å². The van der Waals surface area contributed by atoms with Crippen molar-refractivity contribution in [2.45, 2.75) is 19.6 Å². The number of rotatable bonds is 5. The molecule has 170 valence electrons. The van der Waals surface area contributed by atoms with Crippen molar-refractivity contribution in [3.63, 3.8) is 0 Å². The Morgan fingerprint density at radius 3 is 2.64 bits per heavy atom. The maximum absolute atomic E-state index is 15.3. The summed E-state index contributed by atoms with van der Waals surface area (Å²) in [6, 6.07) is 12.8. The predicted octanol–water partition coefficient (Wildman–Crippen LogP) is 4.60. The molecule has 2 aromatic heterocycles. The molecule has 0 bridgehead atoms. The molecule has 33 heavy (non-hydrogen) atoms. The fourth-order valence-corrected chi connectivity index (χ4v) is 4.20. The number of amides is 1. The minimum absolute atomic E-state index is 0.00949. The van der Waals surface area contributed by atoms with Crippen LogP contribution < -0.4 is 10.1 Å². The van der Waals surface area contributed by atoms with E-state index in [1.165, 1.54) is 16.7 Å². The van der Waals surface area contributed by atoms with Gasteiger partial charge in [-0.2, -0.15) is 0 Å². The van der Waals surface area contributed by atoms with Crippen molar-refractivity contribution in [2.24, 2.45) is 0 Å². The summed E-state index contributed by atoms with van der Waals surface area (Å²) in [4.78, 5) is 20.7. The summed E-state index contributed by atoms with van der Waals surface area (Å²) in [7, 11) is -3.30. The van der Waals surface area contributed by atoms with E-state index < -0.39 is 21.7 Å². The first-order valence-corrected chi connectivity index (χ1v) is 12.0. The van der Waals surface area contributed by atoms with Gasteiger partial charge in [0.15, 0.2) is 21.4 Å². The van der Waals surface area contributed by atoms with E-state index in [4.69, 9.17) is 4.74 Å². The minimum atomic E-state index is -3.30. The molecule has 2 aromatic carbocycles. The molecule has 0 saturated carbocycles. The number of carbonyl (C=O) groups is 1. The number of nitrogens with one attached hydrogen (secondary N) is 1. The average Bonchev–Trinajstić information content (AvgIpc) is 3.06. The zero-order valence-electron chi connectivity index (χ0n) is 18.2. The zero-order chi connectivity index (χ0) is 23.8. The molecule has 0 unspecified atom stereocenters. The second-order valence-electron chi connectivity index (χ2n) is 7.75. The summed E-state index contributed by atoms with van der Waals surface area (Å²) in [6.07, 6.45) is 2.24. The van der Waals surface area contributed by atoms with Gasteiger partial charge < -0.3 is 10.1 Å². The Bertz CT molecular complexity index is 1480. The average molecular weight is 469 g/mol. The number of hydrogen-bond donors (Lipinski definition) is 1. The molecule has 0 fully saturated rings. The predicted molar refractivity (Wildman–Crippen MR) is 123 cm³/mol. The fraction of sp³-hybridized carbons (Fsp3) is 0.174. The van der Waals surface area contributed by atoms with Crippen molar-refractivity contribution in [3.05, 3.63) is 77.6 Å². The lowest BCUT2D eigenvalue weighted by Crippen LogP contribution is -2.20. The van der Waals surface area contributed by atoms with E-state index in [0.717, 1.165) is 18.1 Å². The second kappa shape index (κ2) is 8.62. The molecule has 1 N–H and O–H groups in total. The van der Waals surface area contributed by atoms with E-state index in [2.05, 4.69) is 15.3 Å². The van der Waals surface area contributed by atoms with E-state index in [1.54, 1.807) is 25.1 Å². The van der Waals surface area contributed by atoms with Crippen LogP contribution in [-0.4, -0.2) is 35.2 Å². The van der Waals surface area contributed by atoms with Gasteiger partial charge in [-0.1, -0.05) is 12.1 Å². The Labute approximate surface area is 190 Å². The van der Waals surface area contributed by atoms with Crippen molar-refractivity contribution in [1.82, 2.24) is 14.5 Å². The van der Waals surface area contributed by atoms with E-state index in [-0.39, 0.29) is 28.5 Å². The number of aryl methyl sites for hydroxylation is 2. The van der Waals surface area contributed by atoms with Gasteiger partial charge in [0, 0.05) is 29.1 Å². The number of fused-ring (bicyclic) bond motifs is 1. The van der Waals surface area contributed by atoms with Crippen molar-refractivity contribution < 1.29 is 22.3 Å². The maximum atomic E-state index is 15.3. The van der Waals surface area contributed by atoms with Crippen LogP contribution in [0.2, 0.25) is 0 Å². The molecule has 10 heteroatoms. The highest BCUT2D eigenvalue weighted by atomic mass is 32.2. The first-order valence-electron chi connectivity index (χ1n) is 9.96. The van der Waals surface area contributed by atoms with Crippen molar-refractivity contribution in [3.8, 4) is 11.6 Å². The summed E-state index contributed by atoms with van der Waals surface area (Å²) in [5, 5.41) is 3.02. The van der Waals surface area contributed by atoms with Gasteiger partial charge in [0.05, 0.1) is 17.0 Å². The third-order valence-corrected chi connectivity index (χ3v) is 5.68. The normalized spacial score (nSPS) is 11.5. The van der Waals surface area contributed by atoms with Gasteiger partial charge in [-0.3, -0.25) is 4.57 Å². The Kier molecular flexibility index (Phi) is 5.86. The number of hydrogen-bond acceptors (Lipinski definition) is 6. The van der Waals surface area contributed by atoms with Crippen LogP contribution in [0.15, 0.2) is 54.9 Å². The lowest BCUT2D eigenvalue weighted by Gasteiger charge is -2.11. The number of halogens is 1. The molecule has 0 saturated heterocycles. The third-order valence-electron chi connectivity index (χ3n) is 4.86. The lowest BCUT2D eigenvalue weighted by molar-refractivity contribution is 0.254. The van der Waals surface area contributed by atoms with Crippen molar-refractivity contribution in [1.29, 1.82) is 0 Å². The van der Waals surface area contributed by atoms with Gasteiger partial charge in [0.25, 0.3) is 0 Å². The van der Waals surface area contributed by atoms with E-state index >= 15 is 4.39 Å². The Morgan fingerprint density at radius 1 is 1.12 bits per heavy atom. The fourth-order valence-electron chi connectivity index (χ4n) is 3.50. The molecule has 0 atom stereocenters. The third kappa shape index (κ3) is 5.01. The monoisotopic (exact) mass is 468 g/mol. The van der Waals surface area contributed by atoms with Crippen LogP contribution in [0.4, 0.5) is 14.9 Å². The number of nitrogens with zero attached hydrogens (tertiary/aromatic N) is 3. The number of ether oxygens (including phenoxy) is 1. The Hall–Kier alpha value is -3.79. The lowest BCUT2D eigenvalue weighted by atomic mass is 10.2. The van der Waals surface area contributed by atoms with E-state index in [1.807, 2.05) is 25.1 Å². The molecular formula is C23H21FN4O4S. The minimum Gasteiger partial charge on any atom is -0.436 e. The van der Waals surface area contributed by atoms with E-state index in [0.29, 0.717) is 16.9 Å². The first kappa shape index (κ1) is 22.4. The van der Waals surface area contributed by atoms with Gasteiger partial charge in [-0.05, 0) is 49.7 Å². The van der Waals surface area contributed by atoms with Gasteiger partial charge in [-0.25, -0.2) is 27.6 Å². The van der Waals surface area contributed by atoms with Gasteiger partial charge >= 0.3 is 6.03 Å². The van der Waals surface area contributed by atoms with Crippen molar-refractivity contribution in [2.75, 3.05) is 11.6 Å². The number of anilines is 1. The molecular weight excluding hydrogens is 447 g/mol. The quantitative estimate of drug-likeness (QED) is 0.459. The summed E-state index contributed by atoms with van der Waals surface area (Å²) >= 11 is 0. The molecule has 0 aliphatic rings.